The Kier molecular flexibility index (Phi) is 4.21. The van der Waals surface area contributed by atoms with Crippen LogP contribution in [-0.4, -0.2) is 50.0 Å². The molecule has 1 atom stereocenters. The normalized spacial score (nSPS) is 13.1. The maximum atomic E-state index is 12.0. The summed E-state index contributed by atoms with van der Waals surface area (Å²) < 4.78 is 41.1. The number of aliphatic hydroxyl groups is 1. The largest absolute Gasteiger partial charge is 0.461 e. The number of hydrogen-bond acceptors (Lipinski definition) is 6. The van der Waals surface area contributed by atoms with E-state index in [9.17, 15) is 18.0 Å². The van der Waals surface area contributed by atoms with Gasteiger partial charge in [-0.25, -0.2) is 0 Å². The molecule has 0 spiro atoms. The van der Waals surface area contributed by atoms with Crippen molar-refractivity contribution < 1.29 is 27.5 Å². The molecule has 2 rings (SSSR count). The second kappa shape index (κ2) is 5.91. The number of carbonyl (C=O) groups excluding carboxylic acids is 1. The summed E-state index contributed by atoms with van der Waals surface area (Å²) >= 11 is 0. The molecule has 0 saturated carbocycles. The second-order valence-electron chi connectivity index (χ2n) is 3.98. The van der Waals surface area contributed by atoms with Gasteiger partial charge in [0.05, 0.1) is 12.8 Å². The molecule has 0 aliphatic carbocycles. The number of aromatic nitrogens is 4. The van der Waals surface area contributed by atoms with Crippen LogP contribution in [0.2, 0.25) is 0 Å². The Morgan fingerprint density at radius 2 is 2.29 bits per heavy atom. The number of nitrogens with zero attached hydrogens (tertiary/aromatic N) is 4. The zero-order chi connectivity index (χ0) is 15.5. The van der Waals surface area contributed by atoms with Crippen LogP contribution in [0, 0.1) is 0 Å². The van der Waals surface area contributed by atoms with Gasteiger partial charge < -0.3 is 14.8 Å². The summed E-state index contributed by atoms with van der Waals surface area (Å²) in [4.78, 5) is 12.3. The van der Waals surface area contributed by atoms with Crippen LogP contribution in [0.4, 0.5) is 13.2 Å². The lowest BCUT2D eigenvalue weighted by atomic mass is 10.3. The number of halogens is 3. The molecule has 1 unspecified atom stereocenters. The fraction of sp³-hybridized carbons (Fsp3) is 0.400. The summed E-state index contributed by atoms with van der Waals surface area (Å²) in [6.07, 6.45) is -6.00. The number of nitrogens with one attached hydrogen (secondary N) is 1. The molecule has 0 saturated heterocycles. The van der Waals surface area contributed by atoms with Gasteiger partial charge in [0.2, 0.25) is 11.7 Å². The first-order valence-corrected chi connectivity index (χ1v) is 5.69. The predicted octanol–water partition coefficient (Wildman–Crippen LogP) is -0.0275. The van der Waals surface area contributed by atoms with Crippen LogP contribution in [0.3, 0.4) is 0 Å². The van der Waals surface area contributed by atoms with Gasteiger partial charge in [-0.15, -0.1) is 10.2 Å². The summed E-state index contributed by atoms with van der Waals surface area (Å²) in [6, 6.07) is 3.20. The minimum Gasteiger partial charge on any atom is -0.461 e. The topological polar surface area (TPSA) is 106 Å². The Bertz CT molecular complexity index is 595. The van der Waals surface area contributed by atoms with Crippen LogP contribution in [0.1, 0.15) is 0 Å². The van der Waals surface area contributed by atoms with Crippen LogP contribution in [0.15, 0.2) is 22.8 Å². The Balaban J connectivity index is 1.86. The standard InChI is InChI=1S/C10H10F3N5O3/c11-10(12,13)7(19)4-14-8(20)5-18-16-9(15-17-18)6-2-1-3-21-6/h1-3,7,19H,4-5H2,(H,14,20). The van der Waals surface area contributed by atoms with Crippen molar-refractivity contribution in [3.63, 3.8) is 0 Å². The van der Waals surface area contributed by atoms with E-state index in [1.165, 1.54) is 6.26 Å². The fourth-order valence-electron chi connectivity index (χ4n) is 1.33. The van der Waals surface area contributed by atoms with E-state index in [1.807, 2.05) is 5.32 Å². The summed E-state index contributed by atoms with van der Waals surface area (Å²) in [6.45, 7) is -1.37. The van der Waals surface area contributed by atoms with E-state index < -0.39 is 31.3 Å². The van der Waals surface area contributed by atoms with E-state index in [0.717, 1.165) is 4.80 Å². The highest BCUT2D eigenvalue weighted by molar-refractivity contribution is 5.75. The molecule has 0 aliphatic heterocycles. The molecule has 8 nitrogen and oxygen atoms in total. The number of tetrazole rings is 1. The zero-order valence-electron chi connectivity index (χ0n) is 10.4. The van der Waals surface area contributed by atoms with Gasteiger partial charge in [-0.1, -0.05) is 0 Å². The SMILES string of the molecule is O=C(Cn1nnc(-c2ccco2)n1)NCC(O)C(F)(F)F. The number of amides is 1. The number of furan rings is 1. The number of rotatable bonds is 5. The number of aliphatic hydroxyl groups excluding tert-OH is 1. The van der Waals surface area contributed by atoms with E-state index in [2.05, 4.69) is 15.4 Å². The van der Waals surface area contributed by atoms with E-state index in [1.54, 1.807) is 12.1 Å². The van der Waals surface area contributed by atoms with Crippen molar-refractivity contribution in [2.24, 2.45) is 0 Å². The summed E-state index contributed by atoms with van der Waals surface area (Å²) in [7, 11) is 0. The van der Waals surface area contributed by atoms with Gasteiger partial charge >= 0.3 is 6.18 Å². The van der Waals surface area contributed by atoms with Crippen molar-refractivity contribution in [1.82, 2.24) is 25.5 Å². The highest BCUT2D eigenvalue weighted by Crippen LogP contribution is 2.19. The van der Waals surface area contributed by atoms with E-state index in [4.69, 9.17) is 9.52 Å². The summed E-state index contributed by atoms with van der Waals surface area (Å²) in [5.41, 5.74) is 0. The van der Waals surface area contributed by atoms with Gasteiger partial charge in [0, 0.05) is 0 Å². The first kappa shape index (κ1) is 15.0. The highest BCUT2D eigenvalue weighted by atomic mass is 19.4. The van der Waals surface area contributed by atoms with Crippen molar-refractivity contribution in [1.29, 1.82) is 0 Å². The fourth-order valence-corrected chi connectivity index (χ4v) is 1.33. The van der Waals surface area contributed by atoms with Crippen molar-refractivity contribution in [3.8, 4) is 11.6 Å². The van der Waals surface area contributed by atoms with Gasteiger partial charge in [-0.05, 0) is 17.3 Å². The zero-order valence-corrected chi connectivity index (χ0v) is 10.4. The van der Waals surface area contributed by atoms with E-state index in [-0.39, 0.29) is 5.82 Å². The smallest absolute Gasteiger partial charge is 0.416 e. The monoisotopic (exact) mass is 305 g/mol. The van der Waals surface area contributed by atoms with Crippen molar-refractivity contribution in [2.45, 2.75) is 18.8 Å². The van der Waals surface area contributed by atoms with Gasteiger partial charge in [-0.3, -0.25) is 4.79 Å². The molecule has 2 aromatic rings. The van der Waals surface area contributed by atoms with Gasteiger partial charge in [0.15, 0.2) is 11.9 Å². The molecule has 0 aliphatic rings. The molecule has 2 heterocycles. The molecule has 21 heavy (non-hydrogen) atoms. The first-order chi connectivity index (χ1) is 9.86. The third kappa shape index (κ3) is 4.02. The van der Waals surface area contributed by atoms with Gasteiger partial charge in [-0.2, -0.15) is 18.0 Å². The Morgan fingerprint density at radius 1 is 1.52 bits per heavy atom. The average molecular weight is 305 g/mol. The molecule has 2 aromatic heterocycles. The third-order valence-electron chi connectivity index (χ3n) is 2.35. The van der Waals surface area contributed by atoms with E-state index in [0.29, 0.717) is 5.76 Å². The summed E-state index contributed by atoms with van der Waals surface area (Å²) in [5.74, 6) is -0.307. The van der Waals surface area contributed by atoms with Crippen LogP contribution in [0.25, 0.3) is 11.6 Å². The Morgan fingerprint density at radius 3 is 2.90 bits per heavy atom. The predicted molar refractivity (Wildman–Crippen MR) is 60.6 cm³/mol. The maximum Gasteiger partial charge on any atom is 0.416 e. The molecule has 0 aromatic carbocycles. The first-order valence-electron chi connectivity index (χ1n) is 5.69. The molecule has 0 fully saturated rings. The van der Waals surface area contributed by atoms with Crippen LogP contribution in [0.5, 0.6) is 0 Å². The molecule has 11 heteroatoms. The number of alkyl halides is 3. The van der Waals surface area contributed by atoms with Gasteiger partial charge in [0.25, 0.3) is 0 Å². The van der Waals surface area contributed by atoms with Crippen LogP contribution in [-0.2, 0) is 11.3 Å². The number of hydrogen-bond donors (Lipinski definition) is 2. The molecular weight excluding hydrogens is 295 g/mol. The minimum absolute atomic E-state index is 0.142. The Labute approximate surface area is 115 Å². The highest BCUT2D eigenvalue weighted by Gasteiger charge is 2.38. The molecule has 1 amide bonds. The maximum absolute atomic E-state index is 12.0. The molecule has 0 bridgehead atoms. The third-order valence-corrected chi connectivity index (χ3v) is 2.35. The van der Waals surface area contributed by atoms with E-state index >= 15 is 0 Å². The van der Waals surface area contributed by atoms with Crippen molar-refractivity contribution >= 4 is 5.91 Å². The molecular formula is C10H10F3N5O3. The lowest BCUT2D eigenvalue weighted by Gasteiger charge is -2.14. The Hall–Kier alpha value is -2.43. The molecule has 0 radical (unpaired) electrons. The summed E-state index contributed by atoms with van der Waals surface area (Å²) in [5, 5.41) is 21.7. The van der Waals surface area contributed by atoms with Gasteiger partial charge in [0.1, 0.15) is 6.54 Å². The lowest BCUT2D eigenvalue weighted by molar-refractivity contribution is -0.201. The molecule has 114 valence electrons. The average Bonchev–Trinajstić information content (AvgIpc) is 3.04. The lowest BCUT2D eigenvalue weighted by Crippen LogP contribution is -2.41. The number of carbonyl (C=O) groups is 1. The minimum atomic E-state index is -4.79. The van der Waals surface area contributed by atoms with Crippen molar-refractivity contribution in [3.05, 3.63) is 18.4 Å². The van der Waals surface area contributed by atoms with Crippen molar-refractivity contribution in [2.75, 3.05) is 6.54 Å². The van der Waals surface area contributed by atoms with Crippen LogP contribution >= 0.6 is 0 Å². The molecule has 2 N–H and O–H groups in total. The van der Waals surface area contributed by atoms with Crippen LogP contribution < -0.4 is 5.32 Å². The quantitative estimate of drug-likeness (QED) is 0.803. The second-order valence-corrected chi connectivity index (χ2v) is 3.98.